The van der Waals surface area contributed by atoms with Gasteiger partial charge in [-0.2, -0.15) is 10.1 Å². The van der Waals surface area contributed by atoms with Gasteiger partial charge in [-0.25, -0.2) is 9.37 Å². The maximum atomic E-state index is 13.9. The molecule has 0 bridgehead atoms. The highest BCUT2D eigenvalue weighted by Crippen LogP contribution is 2.25. The summed E-state index contributed by atoms with van der Waals surface area (Å²) >= 11 is 0. The lowest BCUT2D eigenvalue weighted by Gasteiger charge is -2.32. The lowest BCUT2D eigenvalue weighted by atomic mass is 10.2. The molecule has 0 spiro atoms. The van der Waals surface area contributed by atoms with Crippen molar-refractivity contribution in [2.24, 2.45) is 0 Å². The zero-order valence-corrected chi connectivity index (χ0v) is 19.6. The summed E-state index contributed by atoms with van der Waals surface area (Å²) < 4.78 is 21.4. The van der Waals surface area contributed by atoms with Crippen LogP contribution in [0.4, 0.5) is 16.2 Å². The Labute approximate surface area is 205 Å². The van der Waals surface area contributed by atoms with Crippen LogP contribution in [-0.2, 0) is 4.74 Å². The number of H-pyrrole nitrogens is 1. The number of nitrogens with zero attached hydrogens (tertiary/aromatic N) is 5. The first kappa shape index (κ1) is 23.2. The fourth-order valence-corrected chi connectivity index (χ4v) is 4.27. The van der Waals surface area contributed by atoms with Crippen LogP contribution in [0.15, 0.2) is 77.7 Å². The van der Waals surface area contributed by atoms with Gasteiger partial charge in [0.1, 0.15) is 23.1 Å². The topological polar surface area (TPSA) is 127 Å². The van der Waals surface area contributed by atoms with Crippen molar-refractivity contribution in [3.8, 4) is 5.69 Å². The third kappa shape index (κ3) is 4.43. The molecule has 1 aromatic carbocycles. The van der Waals surface area contributed by atoms with Crippen molar-refractivity contribution in [3.05, 3.63) is 83.3 Å². The molecule has 36 heavy (non-hydrogen) atoms. The van der Waals surface area contributed by atoms with Crippen LogP contribution in [0.1, 0.15) is 0 Å². The highest BCUT2D eigenvalue weighted by Gasteiger charge is 2.23. The van der Waals surface area contributed by atoms with E-state index in [1.807, 2.05) is 42.3 Å². The number of rotatable bonds is 6. The Morgan fingerprint density at radius 3 is 2.97 bits per heavy atom. The summed E-state index contributed by atoms with van der Waals surface area (Å²) in [4.78, 5) is 24.5. The second kappa shape index (κ2) is 9.62. The van der Waals surface area contributed by atoms with Gasteiger partial charge in [0.25, 0.3) is 5.56 Å². The number of halogens is 1. The Hall–Kier alpha value is -4.51. The maximum absolute atomic E-state index is 13.9. The lowest BCUT2D eigenvalue weighted by Crippen LogP contribution is -2.42. The van der Waals surface area contributed by atoms with E-state index in [0.717, 1.165) is 0 Å². The Kier molecular flexibility index (Phi) is 6.21. The number of allylic oxidation sites excluding steroid dienone is 4. The summed E-state index contributed by atoms with van der Waals surface area (Å²) in [5.74, 6) is 0.524. The van der Waals surface area contributed by atoms with Crippen molar-refractivity contribution in [1.29, 1.82) is 0 Å². The number of anilines is 2. The number of hydrogen-bond donors (Lipinski definition) is 3. The Morgan fingerprint density at radius 1 is 1.39 bits per heavy atom. The van der Waals surface area contributed by atoms with Crippen LogP contribution in [0.25, 0.3) is 27.6 Å². The van der Waals surface area contributed by atoms with Crippen molar-refractivity contribution in [2.45, 2.75) is 6.10 Å². The number of morpholine rings is 1. The van der Waals surface area contributed by atoms with Crippen LogP contribution in [0.3, 0.4) is 0 Å². The minimum atomic E-state index is -0.426. The summed E-state index contributed by atoms with van der Waals surface area (Å²) in [5, 5.41) is 10.9. The number of aromatic amines is 1. The van der Waals surface area contributed by atoms with Crippen LogP contribution >= 0.6 is 0 Å². The molecule has 0 aliphatic carbocycles. The van der Waals surface area contributed by atoms with Gasteiger partial charge >= 0.3 is 0 Å². The van der Waals surface area contributed by atoms with E-state index in [1.54, 1.807) is 6.20 Å². The molecule has 1 atom stereocenters. The van der Waals surface area contributed by atoms with E-state index in [2.05, 4.69) is 32.1 Å². The second-order valence-corrected chi connectivity index (χ2v) is 8.48. The summed E-state index contributed by atoms with van der Waals surface area (Å²) in [6, 6.07) is 9.18. The maximum Gasteiger partial charge on any atom is 0.270 e. The van der Waals surface area contributed by atoms with Crippen LogP contribution in [0.2, 0.25) is 0 Å². The first-order valence-electron chi connectivity index (χ1n) is 11.3. The van der Waals surface area contributed by atoms with E-state index >= 15 is 0 Å². The molecule has 1 aliphatic heterocycles. The molecule has 0 radical (unpaired) electrons. The number of nitrogen functional groups attached to an aromatic ring is 1. The molecule has 4 aromatic rings. The number of benzene rings is 1. The predicted octanol–water partition coefficient (Wildman–Crippen LogP) is 2.91. The number of hydrogen-bond acceptors (Lipinski definition) is 8. The average molecular weight is 489 g/mol. The summed E-state index contributed by atoms with van der Waals surface area (Å²) in [5.41, 5.74) is 7.17. The van der Waals surface area contributed by atoms with E-state index in [-0.39, 0.29) is 22.9 Å². The number of para-hydroxylation sites is 1. The number of nitrogens with one attached hydrogen (secondary N) is 2. The Morgan fingerprint density at radius 2 is 2.19 bits per heavy atom. The van der Waals surface area contributed by atoms with Crippen molar-refractivity contribution >= 4 is 33.7 Å². The first-order valence-corrected chi connectivity index (χ1v) is 11.3. The van der Waals surface area contributed by atoms with Crippen LogP contribution < -0.4 is 16.6 Å². The molecule has 1 saturated heterocycles. The molecule has 11 heteroatoms. The number of nitrogens with two attached hydrogens (primary N) is 1. The fraction of sp³-hybridized carbons (Fsp3) is 0.200. The van der Waals surface area contributed by atoms with E-state index in [4.69, 9.17) is 10.5 Å². The number of likely N-dealkylation sites (N-methyl/N-ethyl adjacent to an activating group) is 1. The molecule has 0 saturated carbocycles. The molecule has 0 amide bonds. The smallest absolute Gasteiger partial charge is 0.270 e. The monoisotopic (exact) mass is 488 g/mol. The molecule has 4 heterocycles. The highest BCUT2D eigenvalue weighted by molar-refractivity contribution is 6.05. The molecular formula is C25H25FN8O2. The van der Waals surface area contributed by atoms with Crippen LogP contribution in [0, 0.1) is 0 Å². The highest BCUT2D eigenvalue weighted by atomic mass is 19.1. The van der Waals surface area contributed by atoms with Crippen molar-refractivity contribution in [2.75, 3.05) is 37.7 Å². The van der Waals surface area contributed by atoms with Crippen molar-refractivity contribution in [1.82, 2.24) is 29.6 Å². The van der Waals surface area contributed by atoms with Gasteiger partial charge in [0, 0.05) is 18.8 Å². The van der Waals surface area contributed by atoms with Gasteiger partial charge in [0.15, 0.2) is 11.5 Å². The van der Waals surface area contributed by atoms with Crippen LogP contribution in [0.5, 0.6) is 0 Å². The predicted molar refractivity (Wildman–Crippen MR) is 138 cm³/mol. The van der Waals surface area contributed by atoms with Gasteiger partial charge in [0.2, 0.25) is 5.95 Å². The third-order valence-corrected chi connectivity index (χ3v) is 5.80. The van der Waals surface area contributed by atoms with Crippen molar-refractivity contribution in [3.63, 3.8) is 0 Å². The third-order valence-electron chi connectivity index (χ3n) is 5.80. The largest absolute Gasteiger partial charge is 0.490 e. The average Bonchev–Trinajstić information content (AvgIpc) is 3.25. The normalized spacial score (nSPS) is 18.0. The SMILES string of the molecule is C=C/C=C(F)\C=C1/CN(C)C[C@H](CNc2ncc3c4[nH]nc(N)c4c(=O)n(-c4ccccc4)c3n2)O1. The Bertz CT molecular complexity index is 1560. The first-order chi connectivity index (χ1) is 17.4. The molecule has 3 aromatic heterocycles. The van der Waals surface area contributed by atoms with Gasteiger partial charge in [-0.15, -0.1) is 0 Å². The summed E-state index contributed by atoms with van der Waals surface area (Å²) in [6.45, 7) is 5.00. The van der Waals surface area contributed by atoms with Gasteiger partial charge < -0.3 is 15.8 Å². The molecule has 5 rings (SSSR count). The van der Waals surface area contributed by atoms with Gasteiger partial charge in [-0.05, 0) is 25.3 Å². The Balaban J connectivity index is 1.48. The standard InChI is InChI=1S/C25H25FN8O2/c1-3-7-15(26)10-17-13-33(2)14-18(36-17)11-28-25-29-12-19-21-20(22(27)32-31-21)24(35)34(23(19)30-25)16-8-5-4-6-9-16/h3-10,12,18H,1,11,13-14H2,2H3,(H3,27,31,32)(H,28,29,30)/b15-7+,17-10+/t18-/m0/s1. The van der Waals surface area contributed by atoms with Gasteiger partial charge in [0.05, 0.1) is 29.7 Å². The van der Waals surface area contributed by atoms with E-state index in [9.17, 15) is 9.18 Å². The second-order valence-electron chi connectivity index (χ2n) is 8.48. The number of fused-ring (bicyclic) bond motifs is 3. The zero-order valence-electron chi connectivity index (χ0n) is 19.6. The molecule has 184 valence electrons. The van der Waals surface area contributed by atoms with E-state index in [1.165, 1.54) is 22.8 Å². The molecule has 0 unspecified atom stereocenters. The van der Waals surface area contributed by atoms with E-state index in [0.29, 0.717) is 53.6 Å². The summed E-state index contributed by atoms with van der Waals surface area (Å²) in [6.07, 6.45) is 5.37. The lowest BCUT2D eigenvalue weighted by molar-refractivity contribution is 0.0408. The molecule has 1 aliphatic rings. The van der Waals surface area contributed by atoms with Crippen molar-refractivity contribution < 1.29 is 9.13 Å². The van der Waals surface area contributed by atoms with Gasteiger partial charge in [-0.1, -0.05) is 30.9 Å². The number of ether oxygens (including phenoxy) is 1. The molecule has 1 fully saturated rings. The van der Waals surface area contributed by atoms with Gasteiger partial charge in [-0.3, -0.25) is 19.4 Å². The minimum Gasteiger partial charge on any atom is -0.490 e. The quantitative estimate of drug-likeness (QED) is 0.354. The number of pyridine rings is 1. The molecular weight excluding hydrogens is 463 g/mol. The number of aromatic nitrogens is 5. The minimum absolute atomic E-state index is 0.116. The molecule has 4 N–H and O–H groups in total. The summed E-state index contributed by atoms with van der Waals surface area (Å²) in [7, 11) is 1.94. The van der Waals surface area contributed by atoms with E-state index < -0.39 is 5.83 Å². The molecule has 10 nitrogen and oxygen atoms in total. The van der Waals surface area contributed by atoms with Crippen LogP contribution in [-0.4, -0.2) is 62.4 Å². The zero-order chi connectivity index (χ0) is 25.2. The fourth-order valence-electron chi connectivity index (χ4n) is 4.27.